The minimum atomic E-state index is -0.627. The molecule has 1 aliphatic rings. The van der Waals surface area contributed by atoms with E-state index in [1.165, 1.54) is 0 Å². The number of halogens is 1. The van der Waals surface area contributed by atoms with Gasteiger partial charge in [0.05, 0.1) is 5.69 Å². The Labute approximate surface area is 127 Å². The molecule has 0 atom stereocenters. The zero-order valence-electron chi connectivity index (χ0n) is 11.3. The fourth-order valence-electron chi connectivity index (χ4n) is 1.85. The van der Waals surface area contributed by atoms with Crippen LogP contribution in [0, 0.1) is 11.3 Å². The summed E-state index contributed by atoms with van der Waals surface area (Å²) in [7, 11) is 0. The molecule has 0 spiro atoms. The average molecular weight is 304 g/mol. The lowest BCUT2D eigenvalue weighted by Gasteiger charge is -2.02. The average Bonchev–Trinajstić information content (AvgIpc) is 3.01. The van der Waals surface area contributed by atoms with E-state index in [1.54, 1.807) is 30.3 Å². The molecule has 108 valence electrons. The van der Waals surface area contributed by atoms with Crippen LogP contribution in [0.1, 0.15) is 25.7 Å². The van der Waals surface area contributed by atoms with Crippen LogP contribution in [-0.4, -0.2) is 17.3 Å². The summed E-state index contributed by atoms with van der Waals surface area (Å²) in [5.74, 6) is -0.627. The molecule has 0 bridgehead atoms. The third-order valence-corrected chi connectivity index (χ3v) is 3.21. The second-order valence-corrected chi connectivity index (χ2v) is 4.95. The summed E-state index contributed by atoms with van der Waals surface area (Å²) in [4.78, 5) is 11.8. The Bertz CT molecular complexity index is 607. The maximum absolute atomic E-state index is 11.8. The van der Waals surface area contributed by atoms with Crippen LogP contribution in [0.4, 0.5) is 5.69 Å². The van der Waals surface area contributed by atoms with Gasteiger partial charge >= 0.3 is 5.91 Å². The van der Waals surface area contributed by atoms with Crippen LogP contribution < -0.4 is 10.9 Å². The van der Waals surface area contributed by atoms with Crippen LogP contribution >= 0.6 is 11.6 Å². The van der Waals surface area contributed by atoms with E-state index in [9.17, 15) is 4.79 Å². The minimum Gasteiger partial charge on any atom is -0.277 e. The van der Waals surface area contributed by atoms with Gasteiger partial charge in [0.1, 0.15) is 6.07 Å². The molecule has 0 heterocycles. The van der Waals surface area contributed by atoms with Gasteiger partial charge < -0.3 is 0 Å². The van der Waals surface area contributed by atoms with E-state index in [1.807, 2.05) is 0 Å². The van der Waals surface area contributed by atoms with E-state index in [2.05, 4.69) is 21.1 Å². The van der Waals surface area contributed by atoms with Crippen LogP contribution in [0.2, 0.25) is 5.02 Å². The highest BCUT2D eigenvalue weighted by molar-refractivity contribution is 6.45. The normalized spacial score (nSPS) is 14.5. The highest BCUT2D eigenvalue weighted by Crippen LogP contribution is 2.14. The van der Waals surface area contributed by atoms with Crippen molar-refractivity contribution < 1.29 is 4.79 Å². The lowest BCUT2D eigenvalue weighted by atomic mass is 10.3. The highest BCUT2D eigenvalue weighted by atomic mass is 35.5. The summed E-state index contributed by atoms with van der Waals surface area (Å²) in [6.45, 7) is 0. The molecule has 0 aromatic heterocycles. The van der Waals surface area contributed by atoms with Crippen molar-refractivity contribution in [2.45, 2.75) is 25.7 Å². The van der Waals surface area contributed by atoms with Crippen molar-refractivity contribution >= 4 is 34.6 Å². The Hall–Kier alpha value is -2.39. The molecule has 1 aromatic rings. The van der Waals surface area contributed by atoms with Crippen molar-refractivity contribution in [2.75, 3.05) is 5.43 Å². The van der Waals surface area contributed by atoms with Gasteiger partial charge in [-0.3, -0.25) is 10.2 Å². The summed E-state index contributed by atoms with van der Waals surface area (Å²) < 4.78 is 0. The Morgan fingerprint density at radius 2 is 1.90 bits per heavy atom. The SMILES string of the molecule is N#C/C(=N\Nc1ccc(Cl)cc1)C(=O)NN=C1CCCC1. The molecule has 6 nitrogen and oxygen atoms in total. The van der Waals surface area contributed by atoms with E-state index in [-0.39, 0.29) is 5.71 Å². The van der Waals surface area contributed by atoms with Gasteiger partial charge in [-0.1, -0.05) is 11.6 Å². The second-order valence-electron chi connectivity index (χ2n) is 4.52. The molecule has 1 aliphatic carbocycles. The predicted molar refractivity (Wildman–Crippen MR) is 82.2 cm³/mol. The first-order valence-corrected chi connectivity index (χ1v) is 6.92. The van der Waals surface area contributed by atoms with Crippen molar-refractivity contribution in [1.82, 2.24) is 5.43 Å². The topological polar surface area (TPSA) is 89.6 Å². The molecule has 1 amide bonds. The Morgan fingerprint density at radius 3 is 2.52 bits per heavy atom. The first-order chi connectivity index (χ1) is 10.2. The Morgan fingerprint density at radius 1 is 1.24 bits per heavy atom. The molecule has 0 radical (unpaired) electrons. The maximum atomic E-state index is 11.8. The first-order valence-electron chi connectivity index (χ1n) is 6.54. The van der Waals surface area contributed by atoms with E-state index >= 15 is 0 Å². The second kappa shape index (κ2) is 7.41. The molecule has 0 unspecified atom stereocenters. The number of hydrogen-bond acceptors (Lipinski definition) is 5. The molecule has 1 fully saturated rings. The molecular weight excluding hydrogens is 290 g/mol. The monoisotopic (exact) mass is 303 g/mol. The van der Waals surface area contributed by atoms with Gasteiger partial charge in [-0.05, 0) is 49.9 Å². The number of nitrogens with zero attached hydrogens (tertiary/aromatic N) is 3. The van der Waals surface area contributed by atoms with Crippen molar-refractivity contribution in [3.63, 3.8) is 0 Å². The molecule has 0 saturated heterocycles. The molecule has 1 aromatic carbocycles. The number of carbonyl (C=O) groups excluding carboxylic acids is 1. The molecule has 7 heteroatoms. The van der Waals surface area contributed by atoms with Crippen LogP contribution in [0.3, 0.4) is 0 Å². The predicted octanol–water partition coefficient (Wildman–Crippen LogP) is 2.68. The van der Waals surface area contributed by atoms with Crippen LogP contribution in [0.25, 0.3) is 0 Å². The molecule has 1 saturated carbocycles. The Balaban J connectivity index is 1.96. The van der Waals surface area contributed by atoms with Crippen LogP contribution in [0.15, 0.2) is 34.5 Å². The number of anilines is 1. The summed E-state index contributed by atoms with van der Waals surface area (Å²) >= 11 is 5.76. The van der Waals surface area contributed by atoms with Crippen molar-refractivity contribution in [1.29, 1.82) is 5.26 Å². The third-order valence-electron chi connectivity index (χ3n) is 2.96. The number of benzene rings is 1. The van der Waals surface area contributed by atoms with E-state index in [0.717, 1.165) is 31.4 Å². The van der Waals surface area contributed by atoms with Crippen molar-refractivity contribution in [2.24, 2.45) is 10.2 Å². The maximum Gasteiger partial charge on any atom is 0.302 e. The van der Waals surface area contributed by atoms with Crippen LogP contribution in [-0.2, 0) is 4.79 Å². The summed E-state index contributed by atoms with van der Waals surface area (Å²) in [6.07, 6.45) is 3.96. The van der Waals surface area contributed by atoms with Crippen molar-refractivity contribution in [3.8, 4) is 6.07 Å². The highest BCUT2D eigenvalue weighted by Gasteiger charge is 2.12. The van der Waals surface area contributed by atoms with Gasteiger partial charge in [0.2, 0.25) is 5.71 Å². The largest absolute Gasteiger partial charge is 0.302 e. The third kappa shape index (κ3) is 4.58. The lowest BCUT2D eigenvalue weighted by Crippen LogP contribution is -2.27. The standard InChI is InChI=1S/C14H14ClN5O/c15-10-5-7-12(8-6-10)17-19-13(9-16)14(21)20-18-11-3-1-2-4-11/h5-8,17H,1-4H2,(H,20,21)/b19-13+. The van der Waals surface area contributed by atoms with E-state index in [0.29, 0.717) is 10.7 Å². The number of nitriles is 1. The smallest absolute Gasteiger partial charge is 0.277 e. The van der Waals surface area contributed by atoms with Crippen molar-refractivity contribution in [3.05, 3.63) is 29.3 Å². The number of amides is 1. The first kappa shape index (κ1) is 15.0. The quantitative estimate of drug-likeness (QED) is 0.662. The zero-order valence-corrected chi connectivity index (χ0v) is 12.0. The van der Waals surface area contributed by atoms with Crippen LogP contribution in [0.5, 0.6) is 0 Å². The molecule has 21 heavy (non-hydrogen) atoms. The summed E-state index contributed by atoms with van der Waals surface area (Å²) in [6, 6.07) is 8.48. The number of hydrogen-bond donors (Lipinski definition) is 2. The van der Waals surface area contributed by atoms with Gasteiger partial charge in [0, 0.05) is 10.7 Å². The summed E-state index contributed by atoms with van der Waals surface area (Å²) in [5, 5.41) is 17.3. The molecule has 0 aliphatic heterocycles. The minimum absolute atomic E-state index is 0.285. The lowest BCUT2D eigenvalue weighted by molar-refractivity contribution is -0.114. The fourth-order valence-corrected chi connectivity index (χ4v) is 1.98. The van der Waals surface area contributed by atoms with Gasteiger partial charge in [0.25, 0.3) is 0 Å². The molecule has 2 rings (SSSR count). The van der Waals surface area contributed by atoms with Gasteiger partial charge in [-0.15, -0.1) is 0 Å². The molecule has 2 N–H and O–H groups in total. The molecular formula is C14H14ClN5O. The number of hydrazone groups is 2. The number of rotatable bonds is 4. The van der Waals surface area contributed by atoms with Gasteiger partial charge in [-0.25, -0.2) is 5.43 Å². The zero-order chi connectivity index (χ0) is 15.1. The summed E-state index contributed by atoms with van der Waals surface area (Å²) in [5.41, 5.74) is 6.28. The van der Waals surface area contributed by atoms with Gasteiger partial charge in [0.15, 0.2) is 0 Å². The Kier molecular flexibility index (Phi) is 5.29. The number of carbonyl (C=O) groups is 1. The van der Waals surface area contributed by atoms with E-state index < -0.39 is 5.91 Å². The number of nitrogens with one attached hydrogen (secondary N) is 2. The fraction of sp³-hybridized carbons (Fsp3) is 0.286. The van der Waals surface area contributed by atoms with Gasteiger partial charge in [-0.2, -0.15) is 15.5 Å². The van der Waals surface area contributed by atoms with E-state index in [4.69, 9.17) is 16.9 Å².